The maximum atomic E-state index is 12.9. The van der Waals surface area contributed by atoms with Gasteiger partial charge in [0.15, 0.2) is 5.65 Å². The largest absolute Gasteiger partial charge is 0.326 e. The highest BCUT2D eigenvalue weighted by Crippen LogP contribution is 2.21. The number of fused-ring (bicyclic) bond motifs is 2. The van der Waals surface area contributed by atoms with Crippen molar-refractivity contribution in [3.63, 3.8) is 0 Å². The van der Waals surface area contributed by atoms with E-state index in [-0.39, 0.29) is 5.43 Å². The molecule has 3 aromatic heterocycles. The summed E-state index contributed by atoms with van der Waals surface area (Å²) in [6.07, 6.45) is 1.69. The molecule has 3 heterocycles. The number of hydrogen-bond acceptors (Lipinski definition) is 3. The number of nitrogens with zero attached hydrogens (tertiary/aromatic N) is 4. The predicted octanol–water partition coefficient (Wildman–Crippen LogP) is 4.12. The maximum Gasteiger partial charge on any atom is 0.216 e. The number of aryl methyl sites for hydroxylation is 1. The summed E-state index contributed by atoms with van der Waals surface area (Å²) in [5.74, 6) is 0. The lowest BCUT2D eigenvalue weighted by molar-refractivity contribution is 0.785. The van der Waals surface area contributed by atoms with E-state index in [1.54, 1.807) is 18.5 Å². The minimum absolute atomic E-state index is 0.0825. The molecule has 0 saturated carbocycles. The van der Waals surface area contributed by atoms with Crippen LogP contribution in [0.25, 0.3) is 22.2 Å². The number of rotatable bonds is 3. The van der Waals surface area contributed by atoms with Crippen molar-refractivity contribution in [2.75, 3.05) is 0 Å². The molecule has 0 radical (unpaired) electrons. The number of aromatic nitrogens is 4. The summed E-state index contributed by atoms with van der Waals surface area (Å²) in [5, 5.41) is 1.54. The summed E-state index contributed by atoms with van der Waals surface area (Å²) in [6, 6.07) is 10.9. The minimum atomic E-state index is -0.0825. The fourth-order valence-corrected chi connectivity index (χ4v) is 3.27. The Kier molecular flexibility index (Phi) is 3.98. The lowest BCUT2D eigenvalue weighted by Gasteiger charge is -2.12. The van der Waals surface area contributed by atoms with Gasteiger partial charge in [-0.15, -0.1) is 0 Å². The standard InChI is InChI=1S/C18H14Cl2N4O/c1-2-23-10-21-18-15(23)16(25)13-7-8-14(20)22-17(13)24(18)9-11-3-5-12(19)6-4-11/h3-8,10H,2,9H2,1H3. The van der Waals surface area contributed by atoms with Crippen LogP contribution in [0.3, 0.4) is 0 Å². The van der Waals surface area contributed by atoms with E-state index in [9.17, 15) is 4.79 Å². The molecule has 0 atom stereocenters. The van der Waals surface area contributed by atoms with Crippen LogP contribution >= 0.6 is 23.2 Å². The average molecular weight is 373 g/mol. The first-order chi connectivity index (χ1) is 12.1. The Morgan fingerprint density at radius 2 is 1.80 bits per heavy atom. The van der Waals surface area contributed by atoms with E-state index in [1.807, 2.05) is 40.3 Å². The van der Waals surface area contributed by atoms with Gasteiger partial charge in [-0.2, -0.15) is 0 Å². The van der Waals surface area contributed by atoms with Crippen molar-refractivity contribution in [2.45, 2.75) is 20.0 Å². The first-order valence-corrected chi connectivity index (χ1v) is 8.62. The molecule has 25 heavy (non-hydrogen) atoms. The van der Waals surface area contributed by atoms with Crippen LogP contribution < -0.4 is 5.43 Å². The smallest absolute Gasteiger partial charge is 0.216 e. The first-order valence-electron chi connectivity index (χ1n) is 7.87. The van der Waals surface area contributed by atoms with E-state index in [4.69, 9.17) is 23.2 Å². The van der Waals surface area contributed by atoms with Crippen molar-refractivity contribution >= 4 is 45.4 Å². The van der Waals surface area contributed by atoms with Crippen molar-refractivity contribution in [1.82, 2.24) is 19.1 Å². The van der Waals surface area contributed by atoms with E-state index in [0.29, 0.717) is 45.5 Å². The Balaban J connectivity index is 2.06. The fraction of sp³-hybridized carbons (Fsp3) is 0.167. The van der Waals surface area contributed by atoms with Gasteiger partial charge in [0.25, 0.3) is 0 Å². The summed E-state index contributed by atoms with van der Waals surface area (Å²) >= 11 is 12.1. The molecule has 0 bridgehead atoms. The molecule has 5 nitrogen and oxygen atoms in total. The Labute approximate surface area is 153 Å². The number of halogens is 2. The van der Waals surface area contributed by atoms with Crippen LogP contribution in [-0.4, -0.2) is 19.1 Å². The van der Waals surface area contributed by atoms with Gasteiger partial charge in [0.1, 0.15) is 16.3 Å². The van der Waals surface area contributed by atoms with E-state index in [1.165, 1.54) is 0 Å². The molecule has 126 valence electrons. The Bertz CT molecular complexity index is 1150. The van der Waals surface area contributed by atoms with Gasteiger partial charge >= 0.3 is 0 Å². The van der Waals surface area contributed by atoms with Crippen LogP contribution in [0.5, 0.6) is 0 Å². The molecule has 0 saturated heterocycles. The molecule has 0 spiro atoms. The molecule has 0 aliphatic carbocycles. The second-order valence-electron chi connectivity index (χ2n) is 5.75. The zero-order valence-electron chi connectivity index (χ0n) is 13.4. The molecule has 0 unspecified atom stereocenters. The van der Waals surface area contributed by atoms with Gasteiger partial charge in [0, 0.05) is 11.6 Å². The van der Waals surface area contributed by atoms with Crippen LogP contribution in [0.4, 0.5) is 0 Å². The number of pyridine rings is 2. The lowest BCUT2D eigenvalue weighted by atomic mass is 10.2. The third kappa shape index (κ3) is 2.69. The Morgan fingerprint density at radius 1 is 1.04 bits per heavy atom. The normalized spacial score (nSPS) is 11.5. The van der Waals surface area contributed by atoms with Gasteiger partial charge in [0.05, 0.1) is 18.3 Å². The molecule has 4 rings (SSSR count). The van der Waals surface area contributed by atoms with Crippen LogP contribution in [0, 0.1) is 0 Å². The highest BCUT2D eigenvalue weighted by atomic mass is 35.5. The summed E-state index contributed by atoms with van der Waals surface area (Å²) in [6.45, 7) is 3.16. The van der Waals surface area contributed by atoms with Gasteiger partial charge in [0.2, 0.25) is 5.43 Å². The highest BCUT2D eigenvalue weighted by molar-refractivity contribution is 6.30. The SMILES string of the molecule is CCn1cnc2c1c(=O)c1ccc(Cl)nc1n2Cc1ccc(Cl)cc1. The molecule has 0 aliphatic heterocycles. The van der Waals surface area contributed by atoms with Crippen molar-refractivity contribution < 1.29 is 0 Å². The molecule has 0 fully saturated rings. The third-order valence-electron chi connectivity index (χ3n) is 4.23. The molecule has 4 aromatic rings. The second-order valence-corrected chi connectivity index (χ2v) is 6.57. The molecule has 0 aliphatic rings. The molecular formula is C18H14Cl2N4O. The maximum absolute atomic E-state index is 12.9. The van der Waals surface area contributed by atoms with Crippen molar-refractivity contribution in [1.29, 1.82) is 0 Å². The van der Waals surface area contributed by atoms with Crippen molar-refractivity contribution in [2.24, 2.45) is 0 Å². The van der Waals surface area contributed by atoms with Gasteiger partial charge in [-0.25, -0.2) is 9.97 Å². The number of imidazole rings is 1. The molecular weight excluding hydrogens is 359 g/mol. The number of hydrogen-bond donors (Lipinski definition) is 0. The fourth-order valence-electron chi connectivity index (χ4n) is 3.00. The van der Waals surface area contributed by atoms with E-state index < -0.39 is 0 Å². The molecule has 0 amide bonds. The first kappa shape index (κ1) is 16.1. The van der Waals surface area contributed by atoms with Crippen LogP contribution in [0.15, 0.2) is 47.5 Å². The van der Waals surface area contributed by atoms with Crippen LogP contribution in [0.2, 0.25) is 10.2 Å². The monoisotopic (exact) mass is 372 g/mol. The van der Waals surface area contributed by atoms with E-state index in [2.05, 4.69) is 9.97 Å². The molecule has 0 N–H and O–H groups in total. The van der Waals surface area contributed by atoms with Crippen molar-refractivity contribution in [3.8, 4) is 0 Å². The predicted molar refractivity (Wildman–Crippen MR) is 101 cm³/mol. The van der Waals surface area contributed by atoms with Crippen molar-refractivity contribution in [3.05, 3.63) is 68.7 Å². The topological polar surface area (TPSA) is 52.7 Å². The van der Waals surface area contributed by atoms with Gasteiger partial charge in [-0.1, -0.05) is 35.3 Å². The summed E-state index contributed by atoms with van der Waals surface area (Å²) in [5.41, 5.74) is 2.66. The zero-order chi connectivity index (χ0) is 17.6. The minimum Gasteiger partial charge on any atom is -0.326 e. The third-order valence-corrected chi connectivity index (χ3v) is 4.69. The quantitative estimate of drug-likeness (QED) is 0.508. The Hall–Kier alpha value is -2.37. The van der Waals surface area contributed by atoms with Crippen LogP contribution in [0.1, 0.15) is 12.5 Å². The molecule has 1 aromatic carbocycles. The van der Waals surface area contributed by atoms with Gasteiger partial charge in [-0.3, -0.25) is 4.79 Å². The van der Waals surface area contributed by atoms with Gasteiger partial charge in [-0.05, 0) is 36.8 Å². The highest BCUT2D eigenvalue weighted by Gasteiger charge is 2.17. The summed E-state index contributed by atoms with van der Waals surface area (Å²) in [7, 11) is 0. The number of benzene rings is 1. The average Bonchev–Trinajstić information content (AvgIpc) is 3.04. The van der Waals surface area contributed by atoms with E-state index >= 15 is 0 Å². The Morgan fingerprint density at radius 3 is 2.52 bits per heavy atom. The lowest BCUT2D eigenvalue weighted by Crippen LogP contribution is -2.15. The van der Waals surface area contributed by atoms with E-state index in [0.717, 1.165) is 5.56 Å². The van der Waals surface area contributed by atoms with Gasteiger partial charge < -0.3 is 9.13 Å². The summed E-state index contributed by atoms with van der Waals surface area (Å²) < 4.78 is 3.78. The zero-order valence-corrected chi connectivity index (χ0v) is 14.9. The summed E-state index contributed by atoms with van der Waals surface area (Å²) in [4.78, 5) is 21.8. The van der Waals surface area contributed by atoms with Crippen LogP contribution in [-0.2, 0) is 13.1 Å². The second kappa shape index (κ2) is 6.17. The molecule has 7 heteroatoms.